The Kier molecular flexibility index (Phi) is 6.16. The number of aromatic nitrogens is 5. The Morgan fingerprint density at radius 1 is 1.18 bits per heavy atom. The number of rotatable bonds is 7. The molecule has 166 valence electrons. The van der Waals surface area contributed by atoms with Crippen LogP contribution in [0, 0.1) is 0 Å². The molecule has 1 amide bonds. The highest BCUT2D eigenvalue weighted by atomic mass is 32.2. The zero-order valence-corrected chi connectivity index (χ0v) is 19.8. The fraction of sp³-hybridized carbons (Fsp3) is 0.182. The summed E-state index contributed by atoms with van der Waals surface area (Å²) in [7, 11) is 0. The number of fused-ring (bicyclic) bond motifs is 1. The van der Waals surface area contributed by atoms with Gasteiger partial charge in [-0.15, -0.1) is 21.5 Å². The van der Waals surface area contributed by atoms with Crippen molar-refractivity contribution in [2.75, 3.05) is 12.3 Å². The second-order valence-corrected chi connectivity index (χ2v) is 10.1. The molecule has 3 N–H and O–H groups in total. The fourth-order valence-electron chi connectivity index (χ4n) is 3.59. The molecule has 1 aliphatic rings. The standard InChI is InChI=1S/C22H19N7OS3/c23-17-6-7-24-18-5-4-13(10-16(17)18)14-9-15(32-12-14)11-19-21(30)29(22(31)33-19)8-2-1-3-20-25-27-28-26-20/h4-7,9-12H,1-3,8H2,(H2,23,24)(H,25,26,27,28). The van der Waals surface area contributed by atoms with Gasteiger partial charge in [0.05, 0.1) is 10.4 Å². The molecule has 1 aliphatic heterocycles. The summed E-state index contributed by atoms with van der Waals surface area (Å²) in [5, 5.41) is 16.9. The first-order valence-corrected chi connectivity index (χ1v) is 12.4. The van der Waals surface area contributed by atoms with E-state index >= 15 is 0 Å². The third-order valence-corrected chi connectivity index (χ3v) is 7.55. The molecule has 8 nitrogen and oxygen atoms in total. The van der Waals surface area contributed by atoms with E-state index in [1.165, 1.54) is 11.8 Å². The lowest BCUT2D eigenvalue weighted by molar-refractivity contribution is -0.122. The SMILES string of the molecule is Nc1ccnc2ccc(-c3csc(C=C4SC(=S)N(CCCCc5nn[nH]n5)C4=O)c3)cc12. The van der Waals surface area contributed by atoms with E-state index in [1.54, 1.807) is 28.5 Å². The predicted octanol–water partition coefficient (Wildman–Crippen LogP) is 4.28. The van der Waals surface area contributed by atoms with Gasteiger partial charge in [-0.25, -0.2) is 0 Å². The van der Waals surface area contributed by atoms with Gasteiger partial charge in [-0.05, 0) is 59.7 Å². The van der Waals surface area contributed by atoms with Gasteiger partial charge in [0.25, 0.3) is 5.91 Å². The van der Waals surface area contributed by atoms with Crippen molar-refractivity contribution in [2.45, 2.75) is 19.3 Å². The number of aryl methyl sites for hydroxylation is 1. The van der Waals surface area contributed by atoms with E-state index in [4.69, 9.17) is 18.0 Å². The van der Waals surface area contributed by atoms with Gasteiger partial charge in [0.2, 0.25) is 0 Å². The van der Waals surface area contributed by atoms with Crippen molar-refractivity contribution in [2.24, 2.45) is 0 Å². The average molecular weight is 494 g/mol. The molecule has 0 radical (unpaired) electrons. The van der Waals surface area contributed by atoms with Gasteiger partial charge in [0, 0.05) is 35.1 Å². The molecule has 0 bridgehead atoms. The third kappa shape index (κ3) is 4.65. The molecule has 4 aromatic rings. The summed E-state index contributed by atoms with van der Waals surface area (Å²) in [6.45, 7) is 0.585. The molecule has 33 heavy (non-hydrogen) atoms. The summed E-state index contributed by atoms with van der Waals surface area (Å²) in [5.41, 5.74) is 9.83. The summed E-state index contributed by atoms with van der Waals surface area (Å²) in [6, 6.07) is 9.95. The zero-order valence-electron chi connectivity index (χ0n) is 17.4. The van der Waals surface area contributed by atoms with Crippen molar-refractivity contribution in [3.63, 3.8) is 0 Å². The van der Waals surface area contributed by atoms with Crippen molar-refractivity contribution >= 4 is 68.2 Å². The number of benzene rings is 1. The lowest BCUT2D eigenvalue weighted by atomic mass is 10.0. The zero-order chi connectivity index (χ0) is 22.8. The number of hydrogen-bond acceptors (Lipinski definition) is 9. The number of aromatic amines is 1. The molecule has 0 aliphatic carbocycles. The van der Waals surface area contributed by atoms with E-state index in [0.29, 0.717) is 27.3 Å². The second kappa shape index (κ2) is 9.38. The fourth-order valence-corrected chi connectivity index (χ4v) is 5.81. The van der Waals surface area contributed by atoms with Crippen LogP contribution in [0.1, 0.15) is 23.5 Å². The first kappa shape index (κ1) is 21.7. The van der Waals surface area contributed by atoms with Crippen LogP contribution in [0.5, 0.6) is 0 Å². The van der Waals surface area contributed by atoms with Gasteiger partial charge in [0.1, 0.15) is 4.32 Å². The Hall–Kier alpha value is -3.15. The Labute approximate surface area is 203 Å². The normalized spacial score (nSPS) is 15.3. The van der Waals surface area contributed by atoms with Crippen LogP contribution in [0.2, 0.25) is 0 Å². The molecule has 1 fully saturated rings. The predicted molar refractivity (Wildman–Crippen MR) is 136 cm³/mol. The average Bonchev–Trinajstić information content (AvgIpc) is 3.55. The largest absolute Gasteiger partial charge is 0.398 e. The first-order valence-electron chi connectivity index (χ1n) is 10.3. The maximum absolute atomic E-state index is 12.9. The number of nitrogens with zero attached hydrogens (tertiary/aromatic N) is 5. The molecule has 5 rings (SSSR count). The maximum atomic E-state index is 12.9. The van der Waals surface area contributed by atoms with Crippen LogP contribution >= 0.6 is 35.3 Å². The van der Waals surface area contributed by atoms with Crippen LogP contribution in [-0.4, -0.2) is 47.3 Å². The van der Waals surface area contributed by atoms with E-state index in [1.807, 2.05) is 18.2 Å². The summed E-state index contributed by atoms with van der Waals surface area (Å²) < 4.78 is 0.597. The molecule has 0 unspecified atom stereocenters. The summed E-state index contributed by atoms with van der Waals surface area (Å²) in [5.74, 6) is 0.642. The Balaban J connectivity index is 1.26. The molecule has 3 aromatic heterocycles. The monoisotopic (exact) mass is 493 g/mol. The third-order valence-electron chi connectivity index (χ3n) is 5.30. The highest BCUT2D eigenvalue weighted by Crippen LogP contribution is 2.35. The van der Waals surface area contributed by atoms with Crippen LogP contribution in [-0.2, 0) is 11.2 Å². The van der Waals surface area contributed by atoms with E-state index in [2.05, 4.69) is 43.1 Å². The highest BCUT2D eigenvalue weighted by Gasteiger charge is 2.31. The van der Waals surface area contributed by atoms with Crippen molar-refractivity contribution in [3.8, 4) is 11.1 Å². The maximum Gasteiger partial charge on any atom is 0.266 e. The van der Waals surface area contributed by atoms with E-state index in [9.17, 15) is 4.79 Å². The number of hydrogen-bond donors (Lipinski definition) is 2. The van der Waals surface area contributed by atoms with E-state index < -0.39 is 0 Å². The van der Waals surface area contributed by atoms with Gasteiger partial charge < -0.3 is 5.73 Å². The second-order valence-electron chi connectivity index (χ2n) is 7.49. The van der Waals surface area contributed by atoms with E-state index in [0.717, 1.165) is 46.2 Å². The molecule has 0 atom stereocenters. The molecular weight excluding hydrogens is 474 g/mol. The number of carbonyl (C=O) groups is 1. The lowest BCUT2D eigenvalue weighted by Crippen LogP contribution is -2.29. The van der Waals surface area contributed by atoms with Crippen molar-refractivity contribution in [3.05, 3.63) is 57.5 Å². The molecule has 0 saturated carbocycles. The number of anilines is 1. The number of unbranched alkanes of at least 4 members (excludes halogenated alkanes) is 1. The number of tetrazole rings is 1. The van der Waals surface area contributed by atoms with Crippen molar-refractivity contribution in [1.29, 1.82) is 0 Å². The Morgan fingerprint density at radius 2 is 2.09 bits per heavy atom. The number of pyridine rings is 1. The minimum atomic E-state index is -0.0379. The lowest BCUT2D eigenvalue weighted by Gasteiger charge is -2.13. The smallest absolute Gasteiger partial charge is 0.266 e. The van der Waals surface area contributed by atoms with Gasteiger partial charge in [0.15, 0.2) is 5.82 Å². The number of thioether (sulfide) groups is 1. The molecule has 11 heteroatoms. The van der Waals surface area contributed by atoms with Crippen LogP contribution < -0.4 is 5.73 Å². The summed E-state index contributed by atoms with van der Waals surface area (Å²) >= 11 is 8.40. The number of nitrogens with two attached hydrogens (primary N) is 1. The number of nitrogens with one attached hydrogen (secondary N) is 1. The van der Waals surface area contributed by atoms with E-state index in [-0.39, 0.29) is 5.91 Å². The molecular formula is C22H19N7OS3. The van der Waals surface area contributed by atoms with Crippen LogP contribution in [0.4, 0.5) is 5.69 Å². The first-order chi connectivity index (χ1) is 16.1. The number of carbonyl (C=O) groups excluding carboxylic acids is 1. The van der Waals surface area contributed by atoms with Crippen LogP contribution in [0.3, 0.4) is 0 Å². The van der Waals surface area contributed by atoms with Gasteiger partial charge in [-0.2, -0.15) is 5.21 Å². The van der Waals surface area contributed by atoms with Gasteiger partial charge in [-0.3, -0.25) is 14.7 Å². The van der Waals surface area contributed by atoms with Gasteiger partial charge in [-0.1, -0.05) is 35.3 Å². The molecule has 1 saturated heterocycles. The quantitative estimate of drug-likeness (QED) is 0.223. The topological polar surface area (TPSA) is 114 Å². The molecule has 4 heterocycles. The number of amides is 1. The summed E-state index contributed by atoms with van der Waals surface area (Å²) in [6.07, 6.45) is 6.02. The number of thiocarbonyl (C=S) groups is 1. The Morgan fingerprint density at radius 3 is 2.94 bits per heavy atom. The van der Waals surface area contributed by atoms with Gasteiger partial charge >= 0.3 is 0 Å². The van der Waals surface area contributed by atoms with Crippen LogP contribution in [0.15, 0.2) is 46.8 Å². The van der Waals surface area contributed by atoms with Crippen molar-refractivity contribution < 1.29 is 4.79 Å². The molecule has 0 spiro atoms. The van der Waals surface area contributed by atoms with Crippen LogP contribution in [0.25, 0.3) is 28.1 Å². The number of H-pyrrole nitrogens is 1. The van der Waals surface area contributed by atoms with Crippen molar-refractivity contribution in [1.82, 2.24) is 30.5 Å². The number of thiophene rings is 1. The number of nitrogen functional groups attached to an aromatic ring is 1. The summed E-state index contributed by atoms with van der Waals surface area (Å²) in [4.78, 5) is 20.6. The highest BCUT2D eigenvalue weighted by molar-refractivity contribution is 8.26. The minimum absolute atomic E-state index is 0.0379. The molecule has 1 aromatic carbocycles. The Bertz CT molecular complexity index is 1360. The minimum Gasteiger partial charge on any atom is -0.398 e.